The summed E-state index contributed by atoms with van der Waals surface area (Å²) in [7, 11) is 0. The Labute approximate surface area is 122 Å². The van der Waals surface area contributed by atoms with Crippen molar-refractivity contribution >= 4 is 17.6 Å². The van der Waals surface area contributed by atoms with E-state index in [4.69, 9.17) is 11.6 Å². The lowest BCUT2D eigenvalue weighted by atomic mass is 9.89. The Morgan fingerprint density at radius 3 is 2.80 bits per heavy atom. The minimum atomic E-state index is -0.364. The molecule has 1 aromatic rings. The number of amides is 2. The molecule has 1 spiro atoms. The van der Waals surface area contributed by atoms with E-state index in [9.17, 15) is 9.18 Å². The summed E-state index contributed by atoms with van der Waals surface area (Å²) in [6.07, 6.45) is 1.81. The van der Waals surface area contributed by atoms with Crippen LogP contribution in [0.5, 0.6) is 0 Å². The number of urea groups is 1. The van der Waals surface area contributed by atoms with Gasteiger partial charge in [-0.2, -0.15) is 0 Å². The number of carbonyl (C=O) groups excluding carboxylic acids is 1. The third-order valence-electron chi connectivity index (χ3n) is 4.12. The van der Waals surface area contributed by atoms with Gasteiger partial charge in [-0.25, -0.2) is 9.18 Å². The summed E-state index contributed by atoms with van der Waals surface area (Å²) < 4.78 is 13.8. The molecule has 1 aromatic carbocycles. The summed E-state index contributed by atoms with van der Waals surface area (Å²) in [4.78, 5) is 13.8. The molecule has 0 bridgehead atoms. The molecule has 0 aromatic heterocycles. The molecule has 6 heteroatoms. The Morgan fingerprint density at radius 2 is 2.10 bits per heavy atom. The highest BCUT2D eigenvalue weighted by atomic mass is 35.5. The third kappa shape index (κ3) is 2.47. The summed E-state index contributed by atoms with van der Waals surface area (Å²) in [6.45, 7) is 2.62. The van der Waals surface area contributed by atoms with E-state index in [0.29, 0.717) is 17.1 Å². The molecule has 4 nitrogen and oxygen atoms in total. The van der Waals surface area contributed by atoms with Gasteiger partial charge >= 0.3 is 6.03 Å². The summed E-state index contributed by atoms with van der Waals surface area (Å²) in [5.74, 6) is -0.364. The largest absolute Gasteiger partial charge is 0.331 e. The molecule has 2 aliphatic rings. The van der Waals surface area contributed by atoms with Gasteiger partial charge in [0, 0.05) is 17.1 Å². The van der Waals surface area contributed by atoms with Crippen molar-refractivity contribution in [1.29, 1.82) is 0 Å². The van der Waals surface area contributed by atoms with Gasteiger partial charge in [-0.05, 0) is 38.1 Å². The number of hydrogen-bond acceptors (Lipinski definition) is 2. The average Bonchev–Trinajstić information content (AvgIpc) is 2.71. The number of halogens is 2. The van der Waals surface area contributed by atoms with Gasteiger partial charge in [-0.15, -0.1) is 0 Å². The van der Waals surface area contributed by atoms with Crippen molar-refractivity contribution in [3.63, 3.8) is 0 Å². The molecule has 3 rings (SSSR count). The molecular weight excluding hydrogens is 281 g/mol. The van der Waals surface area contributed by atoms with E-state index in [-0.39, 0.29) is 23.9 Å². The molecule has 0 unspecified atom stereocenters. The Balaban J connectivity index is 1.77. The Bertz CT molecular complexity index is 511. The van der Waals surface area contributed by atoms with Crippen LogP contribution in [0.25, 0.3) is 0 Å². The van der Waals surface area contributed by atoms with E-state index in [1.54, 1.807) is 17.0 Å². The van der Waals surface area contributed by atoms with Gasteiger partial charge in [0.2, 0.25) is 0 Å². The third-order valence-corrected chi connectivity index (χ3v) is 4.48. The van der Waals surface area contributed by atoms with Crippen molar-refractivity contribution in [3.8, 4) is 0 Å². The van der Waals surface area contributed by atoms with E-state index >= 15 is 0 Å². The maximum Gasteiger partial charge on any atom is 0.318 e. The Hall–Kier alpha value is -1.33. The van der Waals surface area contributed by atoms with Gasteiger partial charge in [0.25, 0.3) is 0 Å². The van der Waals surface area contributed by atoms with Crippen molar-refractivity contribution in [2.45, 2.75) is 24.9 Å². The van der Waals surface area contributed by atoms with Crippen LogP contribution in [0.2, 0.25) is 5.02 Å². The highest BCUT2D eigenvalue weighted by molar-refractivity contribution is 6.31. The summed E-state index contributed by atoms with van der Waals surface area (Å²) in [6, 6.07) is 4.45. The zero-order chi connectivity index (χ0) is 14.2. The van der Waals surface area contributed by atoms with Gasteiger partial charge in [0.05, 0.1) is 12.1 Å². The van der Waals surface area contributed by atoms with Crippen molar-refractivity contribution in [3.05, 3.63) is 34.6 Å². The first kappa shape index (κ1) is 13.6. The predicted molar refractivity (Wildman–Crippen MR) is 75.2 cm³/mol. The second kappa shape index (κ2) is 5.22. The van der Waals surface area contributed by atoms with Crippen LogP contribution in [0, 0.1) is 5.82 Å². The van der Waals surface area contributed by atoms with Gasteiger partial charge < -0.3 is 15.5 Å². The molecule has 0 atom stereocenters. The molecule has 2 N–H and O–H groups in total. The van der Waals surface area contributed by atoms with Crippen LogP contribution >= 0.6 is 11.6 Å². The molecule has 0 saturated carbocycles. The fraction of sp³-hybridized carbons (Fsp3) is 0.500. The SMILES string of the molecule is O=C1NC2(CCNCC2)CN1Cc1c(F)cccc1Cl. The van der Waals surface area contributed by atoms with Gasteiger partial charge in [0.1, 0.15) is 5.82 Å². The molecule has 2 saturated heterocycles. The highest BCUT2D eigenvalue weighted by Crippen LogP contribution is 2.28. The number of hydrogen-bond donors (Lipinski definition) is 2. The monoisotopic (exact) mass is 297 g/mol. The van der Waals surface area contributed by atoms with Crippen molar-refractivity contribution in [2.24, 2.45) is 0 Å². The van der Waals surface area contributed by atoms with Crippen molar-refractivity contribution in [1.82, 2.24) is 15.5 Å². The zero-order valence-electron chi connectivity index (χ0n) is 11.1. The second-order valence-electron chi connectivity index (χ2n) is 5.52. The first-order valence-electron chi connectivity index (χ1n) is 6.80. The lowest BCUT2D eigenvalue weighted by Gasteiger charge is -2.33. The van der Waals surface area contributed by atoms with Crippen LogP contribution in [-0.4, -0.2) is 36.1 Å². The van der Waals surface area contributed by atoms with Crippen molar-refractivity contribution < 1.29 is 9.18 Å². The Kier molecular flexibility index (Phi) is 3.56. The fourth-order valence-electron chi connectivity index (χ4n) is 2.97. The number of piperidine rings is 1. The number of rotatable bonds is 2. The Morgan fingerprint density at radius 1 is 1.35 bits per heavy atom. The standard InChI is InChI=1S/C14H17ClFN3O/c15-11-2-1-3-12(16)10(11)8-19-9-14(18-13(19)20)4-6-17-7-5-14/h1-3,17H,4-9H2,(H,18,20). The van der Waals surface area contributed by atoms with Gasteiger partial charge in [0.15, 0.2) is 0 Å². The normalized spacial score (nSPS) is 21.3. The molecule has 2 fully saturated rings. The van der Waals surface area contributed by atoms with Crippen LogP contribution in [0.3, 0.4) is 0 Å². The summed E-state index contributed by atoms with van der Waals surface area (Å²) >= 11 is 6.02. The van der Waals surface area contributed by atoms with Gasteiger partial charge in [-0.1, -0.05) is 17.7 Å². The first-order valence-corrected chi connectivity index (χ1v) is 7.18. The maximum absolute atomic E-state index is 13.8. The number of nitrogens with zero attached hydrogens (tertiary/aromatic N) is 1. The molecule has 2 heterocycles. The highest BCUT2D eigenvalue weighted by Gasteiger charge is 2.43. The summed E-state index contributed by atoms with van der Waals surface area (Å²) in [5.41, 5.74) is 0.218. The van der Waals surface area contributed by atoms with Crippen molar-refractivity contribution in [2.75, 3.05) is 19.6 Å². The molecule has 2 amide bonds. The van der Waals surface area contributed by atoms with E-state index in [1.807, 2.05) is 0 Å². The van der Waals surface area contributed by atoms with E-state index in [2.05, 4.69) is 10.6 Å². The molecule has 20 heavy (non-hydrogen) atoms. The fourth-order valence-corrected chi connectivity index (χ4v) is 3.20. The topological polar surface area (TPSA) is 44.4 Å². The lowest BCUT2D eigenvalue weighted by Crippen LogP contribution is -2.51. The smallest absolute Gasteiger partial charge is 0.318 e. The number of benzene rings is 1. The molecule has 0 radical (unpaired) electrons. The van der Waals surface area contributed by atoms with E-state index < -0.39 is 0 Å². The molecule has 0 aliphatic carbocycles. The van der Waals surface area contributed by atoms with E-state index in [0.717, 1.165) is 25.9 Å². The van der Waals surface area contributed by atoms with Crippen LogP contribution in [-0.2, 0) is 6.54 Å². The zero-order valence-corrected chi connectivity index (χ0v) is 11.8. The minimum absolute atomic E-state index is 0.133. The van der Waals surface area contributed by atoms with Crippen LogP contribution in [0.15, 0.2) is 18.2 Å². The first-order chi connectivity index (χ1) is 9.60. The number of nitrogens with one attached hydrogen (secondary N) is 2. The second-order valence-corrected chi connectivity index (χ2v) is 5.92. The molecular formula is C14H17ClFN3O. The average molecular weight is 298 g/mol. The summed E-state index contributed by atoms with van der Waals surface area (Å²) in [5, 5.41) is 6.71. The van der Waals surface area contributed by atoms with E-state index in [1.165, 1.54) is 6.07 Å². The lowest BCUT2D eigenvalue weighted by molar-refractivity contribution is 0.214. The number of carbonyl (C=O) groups is 1. The van der Waals surface area contributed by atoms with Gasteiger partial charge in [-0.3, -0.25) is 0 Å². The quantitative estimate of drug-likeness (QED) is 0.878. The molecule has 2 aliphatic heterocycles. The molecule has 108 valence electrons. The maximum atomic E-state index is 13.8. The van der Waals surface area contributed by atoms with Crippen LogP contribution in [0.1, 0.15) is 18.4 Å². The minimum Gasteiger partial charge on any atom is -0.331 e. The van der Waals surface area contributed by atoms with Crippen LogP contribution in [0.4, 0.5) is 9.18 Å². The van der Waals surface area contributed by atoms with Crippen LogP contribution < -0.4 is 10.6 Å². The predicted octanol–water partition coefficient (Wildman–Crippen LogP) is 2.13.